The van der Waals surface area contributed by atoms with Crippen molar-refractivity contribution in [2.24, 2.45) is 5.73 Å². The Kier molecular flexibility index (Phi) is 3.95. The zero-order valence-electron chi connectivity index (χ0n) is 10.2. The Morgan fingerprint density at radius 3 is 2.39 bits per heavy atom. The van der Waals surface area contributed by atoms with E-state index in [4.69, 9.17) is 22.7 Å². The van der Waals surface area contributed by atoms with Gasteiger partial charge in [0.05, 0.1) is 0 Å². The van der Waals surface area contributed by atoms with Gasteiger partial charge in [0.25, 0.3) is 0 Å². The number of hydrogen-bond acceptors (Lipinski definition) is 2. The van der Waals surface area contributed by atoms with Crippen LogP contribution in [0.2, 0.25) is 0 Å². The Bertz CT molecular complexity index is 549. The molecule has 2 N–H and O–H groups in total. The van der Waals surface area contributed by atoms with Crippen molar-refractivity contribution in [2.75, 3.05) is 0 Å². The van der Waals surface area contributed by atoms with Gasteiger partial charge in [-0.05, 0) is 24.1 Å². The maximum Gasteiger partial charge on any atom is 0.122 e. The number of aryl methyl sites for hydroxylation is 1. The molecule has 0 atom stereocenters. The van der Waals surface area contributed by atoms with Gasteiger partial charge in [0.1, 0.15) is 17.3 Å². The highest BCUT2D eigenvalue weighted by molar-refractivity contribution is 7.80. The monoisotopic (exact) mass is 257 g/mol. The average Bonchev–Trinajstić information content (AvgIpc) is 2.38. The molecular formula is C15H15NOS. The summed E-state index contributed by atoms with van der Waals surface area (Å²) in [7, 11) is 0. The SMILES string of the molecule is Cc1ccccc1OCc1ccc(C(N)=S)cc1. The molecule has 2 rings (SSSR count). The lowest BCUT2D eigenvalue weighted by Gasteiger charge is -2.09. The van der Waals surface area contributed by atoms with E-state index >= 15 is 0 Å². The van der Waals surface area contributed by atoms with Crippen molar-refractivity contribution in [3.05, 3.63) is 65.2 Å². The zero-order chi connectivity index (χ0) is 13.0. The fraction of sp³-hybridized carbons (Fsp3) is 0.133. The summed E-state index contributed by atoms with van der Waals surface area (Å²) in [6, 6.07) is 15.8. The van der Waals surface area contributed by atoms with Gasteiger partial charge in [0.2, 0.25) is 0 Å². The summed E-state index contributed by atoms with van der Waals surface area (Å²) < 4.78 is 5.76. The van der Waals surface area contributed by atoms with Crippen molar-refractivity contribution < 1.29 is 4.74 Å². The molecule has 0 radical (unpaired) electrons. The fourth-order valence-corrected chi connectivity index (χ4v) is 1.78. The van der Waals surface area contributed by atoms with Crippen LogP contribution in [0.1, 0.15) is 16.7 Å². The van der Waals surface area contributed by atoms with Gasteiger partial charge >= 0.3 is 0 Å². The van der Waals surface area contributed by atoms with E-state index in [0.29, 0.717) is 11.6 Å². The second-order valence-corrected chi connectivity index (χ2v) is 4.56. The van der Waals surface area contributed by atoms with Crippen LogP contribution in [-0.4, -0.2) is 4.99 Å². The Labute approximate surface area is 112 Å². The average molecular weight is 257 g/mol. The second kappa shape index (κ2) is 5.65. The number of benzene rings is 2. The van der Waals surface area contributed by atoms with E-state index in [1.807, 2.05) is 55.5 Å². The molecule has 2 nitrogen and oxygen atoms in total. The van der Waals surface area contributed by atoms with E-state index in [1.54, 1.807) is 0 Å². The molecule has 18 heavy (non-hydrogen) atoms. The fourth-order valence-electron chi connectivity index (χ4n) is 1.64. The minimum absolute atomic E-state index is 0.418. The molecule has 0 aliphatic carbocycles. The molecule has 0 aliphatic heterocycles. The predicted molar refractivity (Wildman–Crippen MR) is 77.8 cm³/mol. The summed E-state index contributed by atoms with van der Waals surface area (Å²) in [4.78, 5) is 0.418. The largest absolute Gasteiger partial charge is 0.489 e. The number of hydrogen-bond donors (Lipinski definition) is 1. The maximum atomic E-state index is 5.76. The van der Waals surface area contributed by atoms with Gasteiger partial charge in [-0.2, -0.15) is 0 Å². The third kappa shape index (κ3) is 3.08. The molecule has 0 bridgehead atoms. The van der Waals surface area contributed by atoms with E-state index in [2.05, 4.69) is 0 Å². The van der Waals surface area contributed by atoms with Crippen LogP contribution in [0, 0.1) is 6.92 Å². The summed E-state index contributed by atoms with van der Waals surface area (Å²) >= 11 is 4.91. The standard InChI is InChI=1S/C15H15NOS/c1-11-4-2-3-5-14(11)17-10-12-6-8-13(9-7-12)15(16)18/h2-9H,10H2,1H3,(H2,16,18). The lowest BCUT2D eigenvalue weighted by molar-refractivity contribution is 0.304. The van der Waals surface area contributed by atoms with Crippen molar-refractivity contribution >= 4 is 17.2 Å². The number of nitrogens with two attached hydrogens (primary N) is 1. The van der Waals surface area contributed by atoms with Gasteiger partial charge in [0.15, 0.2) is 0 Å². The van der Waals surface area contributed by atoms with E-state index < -0.39 is 0 Å². The third-order valence-corrected chi connectivity index (χ3v) is 2.96. The number of ether oxygens (including phenoxy) is 1. The first kappa shape index (κ1) is 12.6. The second-order valence-electron chi connectivity index (χ2n) is 4.12. The van der Waals surface area contributed by atoms with Gasteiger partial charge in [-0.25, -0.2) is 0 Å². The number of para-hydroxylation sites is 1. The van der Waals surface area contributed by atoms with Crippen LogP contribution in [0.15, 0.2) is 48.5 Å². The highest BCUT2D eigenvalue weighted by atomic mass is 32.1. The molecule has 0 spiro atoms. The highest BCUT2D eigenvalue weighted by Crippen LogP contribution is 2.18. The van der Waals surface area contributed by atoms with E-state index in [9.17, 15) is 0 Å². The molecule has 3 heteroatoms. The molecule has 0 saturated carbocycles. The topological polar surface area (TPSA) is 35.2 Å². The minimum atomic E-state index is 0.418. The van der Waals surface area contributed by atoms with Crippen LogP contribution in [0.5, 0.6) is 5.75 Å². The summed E-state index contributed by atoms with van der Waals surface area (Å²) in [6.07, 6.45) is 0. The molecule has 0 heterocycles. The molecule has 0 fully saturated rings. The van der Waals surface area contributed by atoms with Crippen molar-refractivity contribution in [3.63, 3.8) is 0 Å². The molecule has 2 aromatic carbocycles. The first-order valence-electron chi connectivity index (χ1n) is 5.74. The molecular weight excluding hydrogens is 242 g/mol. The van der Waals surface area contributed by atoms with Gasteiger partial charge in [0, 0.05) is 5.56 Å². The zero-order valence-corrected chi connectivity index (χ0v) is 11.0. The Morgan fingerprint density at radius 2 is 1.78 bits per heavy atom. The van der Waals surface area contributed by atoms with Gasteiger partial charge in [-0.3, -0.25) is 0 Å². The molecule has 0 aliphatic rings. The van der Waals surface area contributed by atoms with E-state index in [0.717, 1.165) is 22.4 Å². The van der Waals surface area contributed by atoms with Crippen molar-refractivity contribution in [1.29, 1.82) is 0 Å². The minimum Gasteiger partial charge on any atom is -0.489 e. The summed E-state index contributed by atoms with van der Waals surface area (Å²) in [6.45, 7) is 2.58. The summed E-state index contributed by atoms with van der Waals surface area (Å²) in [5, 5.41) is 0. The Balaban J connectivity index is 2.02. The molecule has 0 amide bonds. The van der Waals surface area contributed by atoms with Gasteiger partial charge in [-0.1, -0.05) is 54.7 Å². The lowest BCUT2D eigenvalue weighted by atomic mass is 10.1. The smallest absolute Gasteiger partial charge is 0.122 e. The van der Waals surface area contributed by atoms with Crippen LogP contribution in [0.4, 0.5) is 0 Å². The number of thiocarbonyl (C=S) groups is 1. The van der Waals surface area contributed by atoms with E-state index in [1.165, 1.54) is 0 Å². The van der Waals surface area contributed by atoms with Crippen LogP contribution >= 0.6 is 12.2 Å². The Hall–Kier alpha value is -1.87. The van der Waals surface area contributed by atoms with Gasteiger partial charge in [-0.15, -0.1) is 0 Å². The first-order valence-corrected chi connectivity index (χ1v) is 6.15. The molecule has 92 valence electrons. The quantitative estimate of drug-likeness (QED) is 0.854. The normalized spacial score (nSPS) is 10.1. The number of rotatable bonds is 4. The van der Waals surface area contributed by atoms with Crippen molar-refractivity contribution in [1.82, 2.24) is 0 Å². The summed E-state index contributed by atoms with van der Waals surface area (Å²) in [5.41, 5.74) is 8.66. The molecule has 0 saturated heterocycles. The van der Waals surface area contributed by atoms with Crippen LogP contribution in [-0.2, 0) is 6.61 Å². The van der Waals surface area contributed by atoms with Crippen molar-refractivity contribution in [3.8, 4) is 5.75 Å². The molecule has 2 aromatic rings. The maximum absolute atomic E-state index is 5.76. The first-order chi connectivity index (χ1) is 8.66. The van der Waals surface area contributed by atoms with Crippen LogP contribution in [0.3, 0.4) is 0 Å². The predicted octanol–water partition coefficient (Wildman–Crippen LogP) is 3.21. The van der Waals surface area contributed by atoms with Crippen molar-refractivity contribution in [2.45, 2.75) is 13.5 Å². The van der Waals surface area contributed by atoms with Crippen LogP contribution < -0.4 is 10.5 Å². The van der Waals surface area contributed by atoms with Crippen LogP contribution in [0.25, 0.3) is 0 Å². The Morgan fingerprint density at radius 1 is 1.11 bits per heavy atom. The third-order valence-electron chi connectivity index (χ3n) is 2.73. The van der Waals surface area contributed by atoms with Gasteiger partial charge < -0.3 is 10.5 Å². The molecule has 0 unspecified atom stereocenters. The molecule has 0 aromatic heterocycles. The lowest BCUT2D eigenvalue weighted by Crippen LogP contribution is -2.09. The van der Waals surface area contributed by atoms with E-state index in [-0.39, 0.29) is 0 Å². The highest BCUT2D eigenvalue weighted by Gasteiger charge is 2.00. The summed E-state index contributed by atoms with van der Waals surface area (Å²) in [5.74, 6) is 0.913.